The van der Waals surface area contributed by atoms with E-state index in [4.69, 9.17) is 9.63 Å². The van der Waals surface area contributed by atoms with Crippen molar-refractivity contribution in [3.63, 3.8) is 0 Å². The van der Waals surface area contributed by atoms with Gasteiger partial charge < -0.3 is 9.63 Å². The summed E-state index contributed by atoms with van der Waals surface area (Å²) >= 11 is 1.63. The standard InChI is InChI=1S/C10H10N2O2S/c1-15-6-9-11-10(12-14-9)7-2-4-8(13)5-3-7/h2-5,13H,6H2,1H3. The molecule has 1 N–H and O–H groups in total. The number of nitrogens with zero attached hydrogens (tertiary/aromatic N) is 2. The molecule has 0 aliphatic heterocycles. The van der Waals surface area contributed by atoms with Crippen molar-refractivity contribution in [1.29, 1.82) is 0 Å². The van der Waals surface area contributed by atoms with Gasteiger partial charge in [0.15, 0.2) is 0 Å². The Kier molecular flexibility index (Phi) is 2.91. The van der Waals surface area contributed by atoms with Gasteiger partial charge >= 0.3 is 0 Å². The van der Waals surface area contributed by atoms with E-state index in [9.17, 15) is 0 Å². The number of aromatic nitrogens is 2. The monoisotopic (exact) mass is 222 g/mol. The summed E-state index contributed by atoms with van der Waals surface area (Å²) < 4.78 is 5.05. The molecular formula is C10H10N2O2S. The number of hydrogen-bond acceptors (Lipinski definition) is 5. The summed E-state index contributed by atoms with van der Waals surface area (Å²) in [6.45, 7) is 0. The van der Waals surface area contributed by atoms with Gasteiger partial charge in [-0.15, -0.1) is 0 Å². The summed E-state index contributed by atoms with van der Waals surface area (Å²) in [6.07, 6.45) is 1.98. The van der Waals surface area contributed by atoms with Crippen molar-refractivity contribution in [1.82, 2.24) is 10.1 Å². The summed E-state index contributed by atoms with van der Waals surface area (Å²) in [5, 5.41) is 13.0. The van der Waals surface area contributed by atoms with Crippen molar-refractivity contribution in [3.05, 3.63) is 30.2 Å². The van der Waals surface area contributed by atoms with Gasteiger partial charge in [-0.1, -0.05) is 5.16 Å². The first kappa shape index (κ1) is 10.0. The SMILES string of the molecule is CSCc1nc(-c2ccc(O)cc2)no1. The first-order valence-corrected chi connectivity index (χ1v) is 5.80. The Morgan fingerprint density at radius 2 is 2.07 bits per heavy atom. The molecule has 4 nitrogen and oxygen atoms in total. The van der Waals surface area contributed by atoms with Crippen LogP contribution in [0.2, 0.25) is 0 Å². The molecular weight excluding hydrogens is 212 g/mol. The first-order chi connectivity index (χ1) is 7.29. The topological polar surface area (TPSA) is 59.2 Å². The molecule has 0 saturated carbocycles. The molecule has 0 unspecified atom stereocenters. The minimum Gasteiger partial charge on any atom is -0.508 e. The van der Waals surface area contributed by atoms with Crippen LogP contribution in [0.1, 0.15) is 5.89 Å². The van der Waals surface area contributed by atoms with Gasteiger partial charge in [-0.05, 0) is 30.5 Å². The lowest BCUT2D eigenvalue weighted by molar-refractivity contribution is 0.392. The van der Waals surface area contributed by atoms with Gasteiger partial charge in [0.25, 0.3) is 0 Å². The highest BCUT2D eigenvalue weighted by Crippen LogP contribution is 2.19. The van der Waals surface area contributed by atoms with Crippen molar-refractivity contribution in [2.24, 2.45) is 0 Å². The fourth-order valence-corrected chi connectivity index (χ4v) is 1.53. The Balaban J connectivity index is 2.25. The quantitative estimate of drug-likeness (QED) is 0.863. The lowest BCUT2D eigenvalue weighted by atomic mass is 10.2. The van der Waals surface area contributed by atoms with Crippen LogP contribution in [0.5, 0.6) is 5.75 Å². The summed E-state index contributed by atoms with van der Waals surface area (Å²) in [5.41, 5.74) is 0.837. The molecule has 0 aliphatic carbocycles. The zero-order valence-corrected chi connectivity index (χ0v) is 8.99. The molecule has 1 aromatic carbocycles. The average molecular weight is 222 g/mol. The van der Waals surface area contributed by atoms with Gasteiger partial charge in [-0.2, -0.15) is 16.7 Å². The number of aromatic hydroxyl groups is 1. The highest BCUT2D eigenvalue weighted by atomic mass is 32.2. The number of phenols is 1. The fourth-order valence-electron chi connectivity index (χ4n) is 1.16. The van der Waals surface area contributed by atoms with Crippen LogP contribution in [-0.4, -0.2) is 21.5 Å². The Hall–Kier alpha value is -1.49. The van der Waals surface area contributed by atoms with Crippen LogP contribution >= 0.6 is 11.8 Å². The van der Waals surface area contributed by atoms with E-state index >= 15 is 0 Å². The van der Waals surface area contributed by atoms with Gasteiger partial charge in [0.1, 0.15) is 5.75 Å². The minimum absolute atomic E-state index is 0.228. The highest BCUT2D eigenvalue weighted by Gasteiger charge is 2.07. The van der Waals surface area contributed by atoms with E-state index in [-0.39, 0.29) is 5.75 Å². The summed E-state index contributed by atoms with van der Waals surface area (Å²) in [5.74, 6) is 2.11. The van der Waals surface area contributed by atoms with Gasteiger partial charge in [0, 0.05) is 5.56 Å². The zero-order chi connectivity index (χ0) is 10.7. The largest absolute Gasteiger partial charge is 0.508 e. The molecule has 2 rings (SSSR count). The van der Waals surface area contributed by atoms with Crippen molar-refractivity contribution in [2.45, 2.75) is 5.75 Å². The second-order valence-electron chi connectivity index (χ2n) is 2.99. The van der Waals surface area contributed by atoms with Crippen molar-refractivity contribution in [2.75, 3.05) is 6.26 Å². The summed E-state index contributed by atoms with van der Waals surface area (Å²) in [6, 6.07) is 6.70. The van der Waals surface area contributed by atoms with Crippen LogP contribution in [0.4, 0.5) is 0 Å². The third-order valence-corrected chi connectivity index (χ3v) is 2.40. The molecule has 0 radical (unpaired) electrons. The lowest BCUT2D eigenvalue weighted by Gasteiger charge is -1.93. The van der Waals surface area contributed by atoms with E-state index in [1.807, 2.05) is 6.26 Å². The van der Waals surface area contributed by atoms with E-state index in [1.54, 1.807) is 36.0 Å². The second-order valence-corrected chi connectivity index (χ2v) is 3.86. The Bertz CT molecular complexity index is 439. The molecule has 0 aliphatic rings. The highest BCUT2D eigenvalue weighted by molar-refractivity contribution is 7.97. The number of thioether (sulfide) groups is 1. The number of rotatable bonds is 3. The van der Waals surface area contributed by atoms with Crippen LogP contribution < -0.4 is 0 Å². The van der Waals surface area contributed by atoms with Gasteiger partial charge in [-0.3, -0.25) is 0 Å². The van der Waals surface area contributed by atoms with Crippen molar-refractivity contribution in [3.8, 4) is 17.1 Å². The number of hydrogen-bond donors (Lipinski definition) is 1. The third-order valence-electron chi connectivity index (χ3n) is 1.86. The molecule has 15 heavy (non-hydrogen) atoms. The summed E-state index contributed by atoms with van der Waals surface area (Å²) in [4.78, 5) is 4.22. The van der Waals surface area contributed by atoms with Crippen LogP contribution in [-0.2, 0) is 5.75 Å². The Labute approximate surface area is 91.3 Å². The van der Waals surface area contributed by atoms with Crippen LogP contribution in [0.25, 0.3) is 11.4 Å². The Morgan fingerprint density at radius 3 is 2.73 bits per heavy atom. The van der Waals surface area contributed by atoms with Gasteiger partial charge in [0.05, 0.1) is 5.75 Å². The molecule has 1 aromatic heterocycles. The maximum atomic E-state index is 9.13. The minimum atomic E-state index is 0.228. The number of phenolic OH excluding ortho intramolecular Hbond substituents is 1. The maximum Gasteiger partial charge on any atom is 0.236 e. The summed E-state index contributed by atoms with van der Waals surface area (Å²) in [7, 11) is 0. The maximum absolute atomic E-state index is 9.13. The predicted octanol–water partition coefficient (Wildman–Crippen LogP) is 2.31. The van der Waals surface area contributed by atoms with E-state index in [0.717, 1.165) is 5.56 Å². The first-order valence-electron chi connectivity index (χ1n) is 4.40. The number of benzene rings is 1. The molecule has 1 heterocycles. The molecule has 0 saturated heterocycles. The molecule has 0 bridgehead atoms. The molecule has 2 aromatic rings. The van der Waals surface area contributed by atoms with E-state index in [0.29, 0.717) is 17.5 Å². The molecule has 78 valence electrons. The molecule has 0 atom stereocenters. The average Bonchev–Trinajstić information content (AvgIpc) is 2.68. The predicted molar refractivity (Wildman–Crippen MR) is 58.6 cm³/mol. The van der Waals surface area contributed by atoms with Crippen molar-refractivity contribution < 1.29 is 9.63 Å². The van der Waals surface area contributed by atoms with E-state index < -0.39 is 0 Å². The van der Waals surface area contributed by atoms with Crippen LogP contribution in [0, 0.1) is 0 Å². The van der Waals surface area contributed by atoms with Crippen LogP contribution in [0.3, 0.4) is 0 Å². The van der Waals surface area contributed by atoms with E-state index in [1.165, 1.54) is 0 Å². The zero-order valence-electron chi connectivity index (χ0n) is 8.17. The smallest absolute Gasteiger partial charge is 0.236 e. The lowest BCUT2D eigenvalue weighted by Crippen LogP contribution is -1.81. The van der Waals surface area contributed by atoms with Crippen LogP contribution in [0.15, 0.2) is 28.8 Å². The van der Waals surface area contributed by atoms with E-state index in [2.05, 4.69) is 10.1 Å². The fraction of sp³-hybridized carbons (Fsp3) is 0.200. The third kappa shape index (κ3) is 2.30. The normalized spacial score (nSPS) is 10.5. The molecule has 0 spiro atoms. The Morgan fingerprint density at radius 1 is 1.33 bits per heavy atom. The molecule has 0 fully saturated rings. The second kappa shape index (κ2) is 4.35. The van der Waals surface area contributed by atoms with Gasteiger partial charge in [-0.25, -0.2) is 0 Å². The molecule has 5 heteroatoms. The molecule has 0 amide bonds. The van der Waals surface area contributed by atoms with Crippen molar-refractivity contribution >= 4 is 11.8 Å². The van der Waals surface area contributed by atoms with Gasteiger partial charge in [0.2, 0.25) is 11.7 Å².